The molecule has 0 atom stereocenters. The highest BCUT2D eigenvalue weighted by molar-refractivity contribution is 6.25. The Hall–Kier alpha value is -4.66. The predicted molar refractivity (Wildman–Crippen MR) is 263 cm³/mol. The van der Waals surface area contributed by atoms with Crippen LogP contribution in [0.3, 0.4) is 0 Å². The second-order valence-electron chi connectivity index (χ2n) is 18.6. The fourth-order valence-electron chi connectivity index (χ4n) is 9.63. The van der Waals surface area contributed by atoms with Gasteiger partial charge < -0.3 is 28.4 Å². The van der Waals surface area contributed by atoms with Gasteiger partial charge in [-0.15, -0.1) is 0 Å². The lowest BCUT2D eigenvalue weighted by Gasteiger charge is -2.40. The maximum Gasteiger partial charge on any atom is 0.0717 e. The molecule has 0 unspecified atom stereocenters. The van der Waals surface area contributed by atoms with E-state index in [1.165, 1.54) is 76.5 Å². The number of rotatable bonds is 24. The first-order chi connectivity index (χ1) is 31.6. The molecule has 0 aromatic heterocycles. The summed E-state index contributed by atoms with van der Waals surface area (Å²) in [6.45, 7) is 13.9. The van der Waals surface area contributed by atoms with Crippen LogP contribution in [0.2, 0.25) is 0 Å². The summed E-state index contributed by atoms with van der Waals surface area (Å²) in [6, 6.07) is 45.1. The van der Waals surface area contributed by atoms with Crippen molar-refractivity contribution >= 4 is 43.1 Å². The molecular formula is C58H66O6. The lowest BCUT2D eigenvalue weighted by Crippen LogP contribution is -2.45. The van der Waals surface area contributed by atoms with Gasteiger partial charge in [0.15, 0.2) is 0 Å². The van der Waals surface area contributed by atoms with Crippen molar-refractivity contribution in [3.05, 3.63) is 132 Å². The maximum absolute atomic E-state index is 6.21. The average Bonchev–Trinajstić information content (AvgIpc) is 3.31. The van der Waals surface area contributed by atoms with E-state index in [1.54, 1.807) is 0 Å². The van der Waals surface area contributed by atoms with Gasteiger partial charge in [-0.2, -0.15) is 0 Å². The van der Waals surface area contributed by atoms with E-state index >= 15 is 0 Å². The lowest BCUT2D eigenvalue weighted by molar-refractivity contribution is -0.150. The quantitative estimate of drug-likeness (QED) is 0.0343. The van der Waals surface area contributed by atoms with E-state index in [1.807, 2.05) is 0 Å². The van der Waals surface area contributed by atoms with Crippen molar-refractivity contribution in [3.8, 4) is 22.3 Å². The molecule has 6 nitrogen and oxygen atoms in total. The molecule has 7 aromatic rings. The number of ether oxygens (including phenoxy) is 6. The summed E-state index contributed by atoms with van der Waals surface area (Å²) < 4.78 is 35.2. The summed E-state index contributed by atoms with van der Waals surface area (Å²) in [4.78, 5) is 0. The van der Waals surface area contributed by atoms with E-state index in [2.05, 4.69) is 135 Å². The molecule has 0 radical (unpaired) electrons. The Balaban J connectivity index is 0.872. The minimum absolute atomic E-state index is 0.261. The van der Waals surface area contributed by atoms with Crippen molar-refractivity contribution in [3.63, 3.8) is 0 Å². The number of hydrogen-bond donors (Lipinski definition) is 0. The first-order valence-corrected chi connectivity index (χ1v) is 24.0. The van der Waals surface area contributed by atoms with Crippen LogP contribution in [0.25, 0.3) is 65.3 Å². The van der Waals surface area contributed by atoms with Crippen LogP contribution in [-0.2, 0) is 41.6 Å². The number of unbranched alkanes of at least 4 members (excludes halogenated alkanes) is 4. The van der Waals surface area contributed by atoms with Gasteiger partial charge in [0.05, 0.1) is 52.9 Å². The number of hydrogen-bond acceptors (Lipinski definition) is 6. The SMILES string of the molecule is CCC1(COCCCCCOCc2ccc(-c3c4ccccc4c(-c4cc5ccc(COCCCCCOCC6(CC)COC6)cc5c5ccccc45)c4ccccc34)cc2)COC1. The van der Waals surface area contributed by atoms with Crippen molar-refractivity contribution < 1.29 is 28.4 Å². The van der Waals surface area contributed by atoms with Gasteiger partial charge in [-0.05, 0) is 140 Å². The zero-order valence-corrected chi connectivity index (χ0v) is 38.1. The van der Waals surface area contributed by atoms with E-state index in [4.69, 9.17) is 28.4 Å². The van der Waals surface area contributed by atoms with Gasteiger partial charge in [-0.3, -0.25) is 0 Å². The van der Waals surface area contributed by atoms with Gasteiger partial charge in [0, 0.05) is 37.3 Å². The molecule has 2 aliphatic heterocycles. The Morgan fingerprint density at radius 1 is 0.422 bits per heavy atom. The van der Waals surface area contributed by atoms with Crippen molar-refractivity contribution in [2.45, 2.75) is 78.4 Å². The molecule has 7 aromatic carbocycles. The minimum atomic E-state index is 0.261. The molecule has 0 spiro atoms. The fraction of sp³-hybridized carbons (Fsp3) is 0.414. The molecule has 0 bridgehead atoms. The van der Waals surface area contributed by atoms with Crippen LogP contribution < -0.4 is 0 Å². The van der Waals surface area contributed by atoms with Gasteiger partial charge >= 0.3 is 0 Å². The zero-order chi connectivity index (χ0) is 43.6. The largest absolute Gasteiger partial charge is 0.381 e. The van der Waals surface area contributed by atoms with Gasteiger partial charge in [0.1, 0.15) is 0 Å². The van der Waals surface area contributed by atoms with Gasteiger partial charge in [0.25, 0.3) is 0 Å². The van der Waals surface area contributed by atoms with Crippen molar-refractivity contribution in [2.75, 3.05) is 66.1 Å². The summed E-state index contributed by atoms with van der Waals surface area (Å²) in [5, 5.41) is 10.1. The minimum Gasteiger partial charge on any atom is -0.381 e. The summed E-state index contributed by atoms with van der Waals surface area (Å²) in [5.74, 6) is 0. The molecule has 9 rings (SSSR count). The van der Waals surface area contributed by atoms with Crippen LogP contribution in [0.1, 0.15) is 76.3 Å². The monoisotopic (exact) mass is 858 g/mol. The summed E-state index contributed by atoms with van der Waals surface area (Å²) in [7, 11) is 0. The Kier molecular flexibility index (Phi) is 14.7. The first-order valence-electron chi connectivity index (χ1n) is 24.0. The number of fused-ring (bicyclic) bond motifs is 5. The summed E-state index contributed by atoms with van der Waals surface area (Å²) >= 11 is 0. The highest BCUT2D eigenvalue weighted by atomic mass is 16.5. The zero-order valence-electron chi connectivity index (χ0n) is 38.1. The smallest absolute Gasteiger partial charge is 0.0717 e. The molecule has 334 valence electrons. The van der Waals surface area contributed by atoms with Crippen LogP contribution in [0, 0.1) is 10.8 Å². The molecule has 2 fully saturated rings. The van der Waals surface area contributed by atoms with Crippen LogP contribution in [-0.4, -0.2) is 66.1 Å². The molecule has 2 aliphatic rings. The summed E-state index contributed by atoms with van der Waals surface area (Å²) in [6.07, 6.45) is 8.71. The molecule has 0 amide bonds. The normalized spacial score (nSPS) is 15.5. The molecule has 6 heteroatoms. The van der Waals surface area contributed by atoms with Gasteiger partial charge in [0.2, 0.25) is 0 Å². The average molecular weight is 859 g/mol. The van der Waals surface area contributed by atoms with E-state index in [0.717, 1.165) is 117 Å². The van der Waals surface area contributed by atoms with Crippen LogP contribution in [0.15, 0.2) is 121 Å². The molecule has 64 heavy (non-hydrogen) atoms. The topological polar surface area (TPSA) is 55.4 Å². The Morgan fingerprint density at radius 2 is 0.875 bits per heavy atom. The molecular weight excluding hydrogens is 793 g/mol. The van der Waals surface area contributed by atoms with E-state index in [-0.39, 0.29) is 10.8 Å². The van der Waals surface area contributed by atoms with Gasteiger partial charge in [-0.25, -0.2) is 0 Å². The second-order valence-corrected chi connectivity index (χ2v) is 18.6. The van der Waals surface area contributed by atoms with Gasteiger partial charge in [-0.1, -0.05) is 123 Å². The van der Waals surface area contributed by atoms with E-state index in [0.29, 0.717) is 13.2 Å². The predicted octanol–water partition coefficient (Wildman–Crippen LogP) is 13.9. The van der Waals surface area contributed by atoms with Crippen molar-refractivity contribution in [1.82, 2.24) is 0 Å². The fourth-order valence-corrected chi connectivity index (χ4v) is 9.63. The second kappa shape index (κ2) is 21.1. The highest BCUT2D eigenvalue weighted by Gasteiger charge is 2.37. The first kappa shape index (κ1) is 44.5. The third kappa shape index (κ3) is 9.94. The third-order valence-corrected chi connectivity index (χ3v) is 14.0. The third-order valence-electron chi connectivity index (χ3n) is 14.0. The summed E-state index contributed by atoms with van der Waals surface area (Å²) in [5.41, 5.74) is 7.95. The molecule has 2 heterocycles. The molecule has 2 saturated heterocycles. The highest BCUT2D eigenvalue weighted by Crippen LogP contribution is 2.46. The lowest BCUT2D eigenvalue weighted by atomic mass is 9.83. The molecule has 0 N–H and O–H groups in total. The van der Waals surface area contributed by atoms with Crippen LogP contribution >= 0.6 is 0 Å². The Bertz CT molecular complexity index is 2560. The Morgan fingerprint density at radius 3 is 1.38 bits per heavy atom. The van der Waals surface area contributed by atoms with E-state index < -0.39 is 0 Å². The van der Waals surface area contributed by atoms with Crippen LogP contribution in [0.4, 0.5) is 0 Å². The number of benzene rings is 7. The van der Waals surface area contributed by atoms with Crippen LogP contribution in [0.5, 0.6) is 0 Å². The van der Waals surface area contributed by atoms with Crippen molar-refractivity contribution in [2.24, 2.45) is 10.8 Å². The Labute approximate surface area is 380 Å². The standard InChI is InChI=1S/C58H66O6/c1-3-57(39-63-40-57)37-61-31-15-5-13-29-59-35-43-23-26-45(27-24-43)55-49-19-9-11-21-51(49)56(52-22-12-10-20-50(52)55)54-34-46-28-25-44(33-53(46)47-17-7-8-18-48(47)54)36-60-30-14-6-16-32-62-38-58(4-2)41-64-42-58/h7-12,17-28,33-34H,3-6,13-16,29-32,35-42H2,1-2H3. The molecule has 0 saturated carbocycles. The van der Waals surface area contributed by atoms with E-state index in [9.17, 15) is 0 Å². The molecule has 0 aliphatic carbocycles. The maximum atomic E-state index is 6.21. The van der Waals surface area contributed by atoms with Crippen molar-refractivity contribution in [1.29, 1.82) is 0 Å².